The third-order valence-electron chi connectivity index (χ3n) is 4.52. The zero-order valence-corrected chi connectivity index (χ0v) is 15.5. The van der Waals surface area contributed by atoms with Gasteiger partial charge in [0.15, 0.2) is 5.13 Å². The quantitative estimate of drug-likeness (QED) is 0.685. The zero-order valence-electron chi connectivity index (χ0n) is 14.7. The van der Waals surface area contributed by atoms with Crippen LogP contribution in [0.4, 0.5) is 9.52 Å². The summed E-state index contributed by atoms with van der Waals surface area (Å²) < 4.78 is 20.6. The standard InChI is InChI=1S/C19H21FN4OS/c1-2-25-16-6-3-7-17-18(16)22-19(26-17)24-11-9-23(10-12-24)13-15-14(20)5-4-8-21-15/h3-8H,2,9-13H2,1H3. The Bertz CT molecular complexity index is 892. The average Bonchev–Trinajstić information content (AvgIpc) is 3.10. The van der Waals surface area contributed by atoms with Gasteiger partial charge in [-0.25, -0.2) is 9.37 Å². The van der Waals surface area contributed by atoms with Gasteiger partial charge in [0.2, 0.25) is 0 Å². The van der Waals surface area contributed by atoms with E-state index in [1.54, 1.807) is 23.6 Å². The van der Waals surface area contributed by atoms with E-state index in [2.05, 4.69) is 20.9 Å². The lowest BCUT2D eigenvalue weighted by molar-refractivity contribution is 0.243. The van der Waals surface area contributed by atoms with Gasteiger partial charge >= 0.3 is 0 Å². The van der Waals surface area contributed by atoms with E-state index in [1.807, 2.05) is 19.1 Å². The van der Waals surface area contributed by atoms with Gasteiger partial charge in [0.05, 0.1) is 17.0 Å². The first kappa shape index (κ1) is 17.2. The van der Waals surface area contributed by atoms with Crippen LogP contribution in [0.15, 0.2) is 36.5 Å². The number of piperazine rings is 1. The predicted molar refractivity (Wildman–Crippen MR) is 102 cm³/mol. The van der Waals surface area contributed by atoms with Crippen LogP contribution in [0, 0.1) is 5.82 Å². The van der Waals surface area contributed by atoms with E-state index in [1.165, 1.54) is 6.07 Å². The summed E-state index contributed by atoms with van der Waals surface area (Å²) in [5.41, 5.74) is 1.45. The molecule has 0 N–H and O–H groups in total. The molecule has 0 bridgehead atoms. The van der Waals surface area contributed by atoms with Gasteiger partial charge in [0.1, 0.15) is 17.1 Å². The number of halogens is 1. The SMILES string of the molecule is CCOc1cccc2sc(N3CCN(Cc4ncccc4F)CC3)nc12. The molecule has 1 aliphatic heterocycles. The van der Waals surface area contributed by atoms with Crippen LogP contribution in [-0.4, -0.2) is 47.7 Å². The Morgan fingerprint density at radius 3 is 2.77 bits per heavy atom. The van der Waals surface area contributed by atoms with Gasteiger partial charge < -0.3 is 9.64 Å². The Morgan fingerprint density at radius 1 is 1.15 bits per heavy atom. The number of rotatable bonds is 5. The molecule has 136 valence electrons. The molecule has 0 atom stereocenters. The molecule has 1 saturated heterocycles. The number of benzene rings is 1. The van der Waals surface area contributed by atoms with Crippen molar-refractivity contribution in [3.63, 3.8) is 0 Å². The molecule has 3 heterocycles. The Balaban J connectivity index is 1.44. The van der Waals surface area contributed by atoms with Crippen LogP contribution in [-0.2, 0) is 6.54 Å². The van der Waals surface area contributed by atoms with Gasteiger partial charge in [0.25, 0.3) is 0 Å². The van der Waals surface area contributed by atoms with Gasteiger partial charge in [0, 0.05) is 38.9 Å². The van der Waals surface area contributed by atoms with Crippen molar-refractivity contribution in [3.8, 4) is 5.75 Å². The number of aromatic nitrogens is 2. The van der Waals surface area contributed by atoms with Crippen LogP contribution < -0.4 is 9.64 Å². The van der Waals surface area contributed by atoms with E-state index in [0.29, 0.717) is 18.8 Å². The molecule has 1 fully saturated rings. The number of thiazole rings is 1. The lowest BCUT2D eigenvalue weighted by Gasteiger charge is -2.34. The molecule has 3 aromatic rings. The van der Waals surface area contributed by atoms with Gasteiger partial charge in [-0.1, -0.05) is 17.4 Å². The summed E-state index contributed by atoms with van der Waals surface area (Å²) in [6.45, 7) is 6.64. The second-order valence-electron chi connectivity index (χ2n) is 6.23. The van der Waals surface area contributed by atoms with E-state index >= 15 is 0 Å². The van der Waals surface area contributed by atoms with Crippen LogP contribution >= 0.6 is 11.3 Å². The maximum Gasteiger partial charge on any atom is 0.186 e. The molecule has 4 rings (SSSR count). The Kier molecular flexibility index (Phi) is 4.99. The summed E-state index contributed by atoms with van der Waals surface area (Å²) in [5.74, 6) is 0.612. The summed E-state index contributed by atoms with van der Waals surface area (Å²) in [6, 6.07) is 9.15. The van der Waals surface area contributed by atoms with Crippen LogP contribution in [0.2, 0.25) is 0 Å². The fraction of sp³-hybridized carbons (Fsp3) is 0.368. The van der Waals surface area contributed by atoms with Gasteiger partial charge in [-0.05, 0) is 31.2 Å². The monoisotopic (exact) mass is 372 g/mol. The molecule has 26 heavy (non-hydrogen) atoms. The number of para-hydroxylation sites is 1. The van der Waals surface area contributed by atoms with E-state index in [4.69, 9.17) is 9.72 Å². The Hall–Kier alpha value is -2.25. The van der Waals surface area contributed by atoms with Crippen LogP contribution in [0.5, 0.6) is 5.75 Å². The summed E-state index contributed by atoms with van der Waals surface area (Å²) in [5, 5.41) is 1.02. The van der Waals surface area contributed by atoms with Crippen molar-refractivity contribution in [1.29, 1.82) is 0 Å². The molecule has 0 spiro atoms. The molecule has 7 heteroatoms. The van der Waals surface area contributed by atoms with Crippen molar-refractivity contribution < 1.29 is 9.13 Å². The molecule has 0 unspecified atom stereocenters. The Labute approximate surface area is 156 Å². The molecule has 0 radical (unpaired) electrons. The first-order valence-corrected chi connectivity index (χ1v) is 9.65. The van der Waals surface area contributed by atoms with Gasteiger partial charge in [-0.2, -0.15) is 0 Å². The number of fused-ring (bicyclic) bond motifs is 1. The lowest BCUT2D eigenvalue weighted by atomic mass is 10.2. The highest BCUT2D eigenvalue weighted by molar-refractivity contribution is 7.22. The van der Waals surface area contributed by atoms with Crippen molar-refractivity contribution in [1.82, 2.24) is 14.9 Å². The molecule has 2 aromatic heterocycles. The third kappa shape index (κ3) is 3.50. The number of anilines is 1. The first-order chi connectivity index (χ1) is 12.7. The van der Waals surface area contributed by atoms with Crippen molar-refractivity contribution in [2.45, 2.75) is 13.5 Å². The summed E-state index contributed by atoms with van der Waals surface area (Å²) in [6.07, 6.45) is 1.64. The maximum atomic E-state index is 13.8. The number of ether oxygens (including phenoxy) is 1. The highest BCUT2D eigenvalue weighted by Gasteiger charge is 2.21. The number of pyridine rings is 1. The van der Waals surface area contributed by atoms with Crippen LogP contribution in [0.3, 0.4) is 0 Å². The molecular formula is C19H21FN4OS. The number of nitrogens with zero attached hydrogens (tertiary/aromatic N) is 4. The van der Waals surface area contributed by atoms with Gasteiger partial charge in [-0.15, -0.1) is 0 Å². The molecule has 5 nitrogen and oxygen atoms in total. The minimum Gasteiger partial charge on any atom is -0.492 e. The van der Waals surface area contributed by atoms with Crippen LogP contribution in [0.1, 0.15) is 12.6 Å². The third-order valence-corrected chi connectivity index (χ3v) is 5.60. The minimum absolute atomic E-state index is 0.232. The number of hydrogen-bond acceptors (Lipinski definition) is 6. The molecule has 0 amide bonds. The molecule has 0 saturated carbocycles. The van der Waals surface area contributed by atoms with Crippen LogP contribution in [0.25, 0.3) is 10.2 Å². The topological polar surface area (TPSA) is 41.5 Å². The van der Waals surface area contributed by atoms with E-state index < -0.39 is 0 Å². The highest BCUT2D eigenvalue weighted by Crippen LogP contribution is 2.34. The average molecular weight is 372 g/mol. The fourth-order valence-corrected chi connectivity index (χ4v) is 4.20. The maximum absolute atomic E-state index is 13.8. The largest absolute Gasteiger partial charge is 0.492 e. The first-order valence-electron chi connectivity index (χ1n) is 8.83. The molecule has 0 aliphatic carbocycles. The highest BCUT2D eigenvalue weighted by atomic mass is 32.1. The number of hydrogen-bond donors (Lipinski definition) is 0. The second-order valence-corrected chi connectivity index (χ2v) is 7.24. The van der Waals surface area contributed by atoms with E-state index in [9.17, 15) is 4.39 Å². The van der Waals surface area contributed by atoms with Gasteiger partial charge in [-0.3, -0.25) is 9.88 Å². The predicted octanol–water partition coefficient (Wildman–Crippen LogP) is 3.55. The molecule has 1 aromatic carbocycles. The molecule has 1 aliphatic rings. The Morgan fingerprint density at radius 2 is 2.00 bits per heavy atom. The summed E-state index contributed by atoms with van der Waals surface area (Å²) in [4.78, 5) is 13.5. The minimum atomic E-state index is -0.232. The fourth-order valence-electron chi connectivity index (χ4n) is 3.16. The van der Waals surface area contributed by atoms with Crippen molar-refractivity contribution in [2.75, 3.05) is 37.7 Å². The van der Waals surface area contributed by atoms with E-state index in [0.717, 1.165) is 47.3 Å². The van der Waals surface area contributed by atoms with Crippen molar-refractivity contribution >= 4 is 26.7 Å². The second kappa shape index (κ2) is 7.55. The molecular weight excluding hydrogens is 351 g/mol. The van der Waals surface area contributed by atoms with E-state index in [-0.39, 0.29) is 5.82 Å². The van der Waals surface area contributed by atoms with Crippen molar-refractivity contribution in [2.24, 2.45) is 0 Å². The zero-order chi connectivity index (χ0) is 17.9. The lowest BCUT2D eigenvalue weighted by Crippen LogP contribution is -2.46. The summed E-state index contributed by atoms with van der Waals surface area (Å²) in [7, 11) is 0. The van der Waals surface area contributed by atoms with Crippen molar-refractivity contribution in [3.05, 3.63) is 48.0 Å². The smallest absolute Gasteiger partial charge is 0.186 e. The summed E-state index contributed by atoms with van der Waals surface area (Å²) >= 11 is 1.70. The normalized spacial score (nSPS) is 15.5.